The molecule has 1 aliphatic carbocycles. The number of aliphatic carboxylic acids is 1. The van der Waals surface area contributed by atoms with Gasteiger partial charge in [0.1, 0.15) is 5.82 Å². The maximum atomic E-state index is 13.4. The van der Waals surface area contributed by atoms with Gasteiger partial charge in [0.15, 0.2) is 0 Å². The molecule has 2 aliphatic rings. The van der Waals surface area contributed by atoms with E-state index in [0.29, 0.717) is 45.3 Å². The number of aromatic nitrogens is 3. The number of rotatable bonds is 6. The van der Waals surface area contributed by atoms with Crippen molar-refractivity contribution in [3.05, 3.63) is 71.4 Å². The standard InChI is InChI=1S/C27H29FN4O3/c28-22-9-5-19(6-10-22)16-32-24-17-31(25(33)14-18-3-7-20(8-4-18)27(34)35)13-11-23(24)26(30-32)21-2-1-12-29-15-21/h1-2,5-6,9-10,12,15,18,20H,3-4,7-8,11,13-14,16-17H2,(H,34,35). The lowest BCUT2D eigenvalue weighted by atomic mass is 9.80. The van der Waals surface area contributed by atoms with Crippen LogP contribution < -0.4 is 0 Å². The number of carbonyl (C=O) groups excluding carboxylic acids is 1. The second kappa shape index (κ2) is 9.98. The van der Waals surface area contributed by atoms with Gasteiger partial charge in [0.05, 0.1) is 30.4 Å². The highest BCUT2D eigenvalue weighted by Gasteiger charge is 2.31. The lowest BCUT2D eigenvalue weighted by Crippen LogP contribution is -2.38. The van der Waals surface area contributed by atoms with Crippen LogP contribution in [0.3, 0.4) is 0 Å². The summed E-state index contributed by atoms with van der Waals surface area (Å²) in [4.78, 5) is 30.6. The first-order valence-corrected chi connectivity index (χ1v) is 12.2. The van der Waals surface area contributed by atoms with Crippen LogP contribution in [-0.4, -0.2) is 43.2 Å². The third-order valence-corrected chi connectivity index (χ3v) is 7.33. The third kappa shape index (κ3) is 5.11. The summed E-state index contributed by atoms with van der Waals surface area (Å²) < 4.78 is 15.3. The molecule has 0 saturated heterocycles. The summed E-state index contributed by atoms with van der Waals surface area (Å²) in [6, 6.07) is 10.3. The molecule has 35 heavy (non-hydrogen) atoms. The first-order chi connectivity index (χ1) is 17.0. The lowest BCUT2D eigenvalue weighted by molar-refractivity contribution is -0.143. The van der Waals surface area contributed by atoms with Gasteiger partial charge in [-0.1, -0.05) is 12.1 Å². The fraction of sp³-hybridized carbons (Fsp3) is 0.407. The zero-order valence-electron chi connectivity index (χ0n) is 19.6. The molecule has 2 aromatic heterocycles. The van der Waals surface area contributed by atoms with Crippen LogP contribution in [0.15, 0.2) is 48.8 Å². The Hall–Kier alpha value is -3.55. The van der Waals surface area contributed by atoms with Crippen LogP contribution in [0.2, 0.25) is 0 Å². The highest BCUT2D eigenvalue weighted by molar-refractivity contribution is 5.77. The molecule has 1 amide bonds. The highest BCUT2D eigenvalue weighted by atomic mass is 19.1. The van der Waals surface area contributed by atoms with E-state index in [4.69, 9.17) is 5.10 Å². The van der Waals surface area contributed by atoms with Crippen molar-refractivity contribution in [2.75, 3.05) is 6.54 Å². The molecule has 5 rings (SSSR count). The summed E-state index contributed by atoms with van der Waals surface area (Å²) in [6.45, 7) is 1.60. The van der Waals surface area contributed by atoms with Crippen molar-refractivity contribution >= 4 is 11.9 Å². The van der Waals surface area contributed by atoms with Gasteiger partial charge in [-0.2, -0.15) is 5.10 Å². The summed E-state index contributed by atoms with van der Waals surface area (Å²) in [7, 11) is 0. The van der Waals surface area contributed by atoms with Gasteiger partial charge in [0.25, 0.3) is 0 Å². The van der Waals surface area contributed by atoms with E-state index in [1.165, 1.54) is 12.1 Å². The number of nitrogens with zero attached hydrogens (tertiary/aromatic N) is 4. The van der Waals surface area contributed by atoms with E-state index in [0.717, 1.165) is 40.9 Å². The monoisotopic (exact) mass is 476 g/mol. The zero-order chi connectivity index (χ0) is 24.4. The van der Waals surface area contributed by atoms with Crippen molar-refractivity contribution in [1.29, 1.82) is 0 Å². The second-order valence-electron chi connectivity index (χ2n) is 9.62. The summed E-state index contributed by atoms with van der Waals surface area (Å²) >= 11 is 0. The predicted octanol–water partition coefficient (Wildman–Crippen LogP) is 4.30. The largest absolute Gasteiger partial charge is 0.481 e. The molecule has 8 heteroatoms. The molecule has 0 bridgehead atoms. The Morgan fingerprint density at radius 2 is 1.86 bits per heavy atom. The fourth-order valence-corrected chi connectivity index (χ4v) is 5.31. The van der Waals surface area contributed by atoms with Gasteiger partial charge in [-0.3, -0.25) is 19.3 Å². The Labute approximate surface area is 203 Å². The number of fused-ring (bicyclic) bond motifs is 1. The van der Waals surface area contributed by atoms with Gasteiger partial charge < -0.3 is 10.0 Å². The van der Waals surface area contributed by atoms with Crippen molar-refractivity contribution < 1.29 is 19.1 Å². The highest BCUT2D eigenvalue weighted by Crippen LogP contribution is 2.33. The maximum Gasteiger partial charge on any atom is 0.306 e. The molecule has 3 heterocycles. The molecule has 1 aromatic carbocycles. The van der Waals surface area contributed by atoms with E-state index in [1.807, 2.05) is 21.7 Å². The summed E-state index contributed by atoms with van der Waals surface area (Å²) in [5.74, 6) is -0.911. The molecular formula is C27H29FN4O3. The average molecular weight is 477 g/mol. The van der Waals surface area contributed by atoms with Crippen molar-refractivity contribution in [1.82, 2.24) is 19.7 Å². The average Bonchev–Trinajstić information content (AvgIpc) is 3.24. The third-order valence-electron chi connectivity index (χ3n) is 7.33. The van der Waals surface area contributed by atoms with Crippen LogP contribution in [-0.2, 0) is 29.1 Å². The molecule has 3 aromatic rings. The molecule has 0 unspecified atom stereocenters. The number of halogens is 1. The van der Waals surface area contributed by atoms with Gasteiger partial charge in [0, 0.05) is 36.5 Å². The SMILES string of the molecule is O=C(O)C1CCC(CC(=O)N2CCc3c(-c4cccnc4)nn(Cc4ccc(F)cc4)c3C2)CC1. The van der Waals surface area contributed by atoms with Crippen LogP contribution in [0.25, 0.3) is 11.3 Å². The number of hydrogen-bond donors (Lipinski definition) is 1. The Bertz CT molecular complexity index is 1200. The minimum absolute atomic E-state index is 0.117. The minimum atomic E-state index is -0.725. The Balaban J connectivity index is 1.35. The number of carbonyl (C=O) groups is 2. The molecule has 1 saturated carbocycles. The van der Waals surface area contributed by atoms with Crippen LogP contribution in [0.5, 0.6) is 0 Å². The molecule has 0 spiro atoms. The number of carboxylic acids is 1. The van der Waals surface area contributed by atoms with Crippen LogP contribution in [0.4, 0.5) is 4.39 Å². The van der Waals surface area contributed by atoms with Crippen molar-refractivity contribution in [2.24, 2.45) is 11.8 Å². The molecule has 1 aliphatic heterocycles. The maximum absolute atomic E-state index is 13.4. The number of amides is 1. The van der Waals surface area contributed by atoms with E-state index in [1.54, 1.807) is 24.5 Å². The normalized spacial score (nSPS) is 19.9. The van der Waals surface area contributed by atoms with E-state index in [9.17, 15) is 19.1 Å². The zero-order valence-corrected chi connectivity index (χ0v) is 19.6. The first-order valence-electron chi connectivity index (χ1n) is 12.2. The number of hydrogen-bond acceptors (Lipinski definition) is 4. The van der Waals surface area contributed by atoms with Crippen molar-refractivity contribution in [3.8, 4) is 11.3 Å². The first kappa shape index (κ1) is 23.2. The smallest absolute Gasteiger partial charge is 0.306 e. The van der Waals surface area contributed by atoms with Gasteiger partial charge in [-0.25, -0.2) is 4.39 Å². The topological polar surface area (TPSA) is 88.3 Å². The van der Waals surface area contributed by atoms with Gasteiger partial charge in [-0.05, 0) is 67.9 Å². The van der Waals surface area contributed by atoms with E-state index < -0.39 is 5.97 Å². The summed E-state index contributed by atoms with van der Waals surface area (Å²) in [6.07, 6.45) is 7.58. The van der Waals surface area contributed by atoms with Crippen molar-refractivity contribution in [3.63, 3.8) is 0 Å². The summed E-state index contributed by atoms with van der Waals surface area (Å²) in [5, 5.41) is 14.1. The van der Waals surface area contributed by atoms with E-state index in [-0.39, 0.29) is 23.6 Å². The van der Waals surface area contributed by atoms with Crippen LogP contribution >= 0.6 is 0 Å². The van der Waals surface area contributed by atoms with Gasteiger partial charge in [0.2, 0.25) is 5.91 Å². The Kier molecular flexibility index (Phi) is 6.61. The lowest BCUT2D eigenvalue weighted by Gasteiger charge is -2.31. The van der Waals surface area contributed by atoms with Crippen LogP contribution in [0.1, 0.15) is 48.9 Å². The molecule has 182 valence electrons. The second-order valence-corrected chi connectivity index (χ2v) is 9.62. The molecule has 1 N–H and O–H groups in total. The molecule has 1 fully saturated rings. The number of carboxylic acid groups (broad SMARTS) is 1. The predicted molar refractivity (Wildman–Crippen MR) is 128 cm³/mol. The number of benzene rings is 1. The van der Waals surface area contributed by atoms with Crippen LogP contribution in [0, 0.1) is 17.7 Å². The van der Waals surface area contributed by atoms with E-state index in [2.05, 4.69) is 4.98 Å². The van der Waals surface area contributed by atoms with Gasteiger partial charge in [-0.15, -0.1) is 0 Å². The van der Waals surface area contributed by atoms with E-state index >= 15 is 0 Å². The molecule has 0 atom stereocenters. The summed E-state index contributed by atoms with van der Waals surface area (Å²) in [5.41, 5.74) is 4.90. The number of pyridine rings is 1. The molecular weight excluding hydrogens is 447 g/mol. The fourth-order valence-electron chi connectivity index (χ4n) is 5.31. The Morgan fingerprint density at radius 3 is 2.54 bits per heavy atom. The van der Waals surface area contributed by atoms with Gasteiger partial charge >= 0.3 is 5.97 Å². The molecule has 7 nitrogen and oxygen atoms in total. The minimum Gasteiger partial charge on any atom is -0.481 e. The van der Waals surface area contributed by atoms with Crippen molar-refractivity contribution in [2.45, 2.75) is 51.6 Å². The quantitative estimate of drug-likeness (QED) is 0.573. The molecule has 0 radical (unpaired) electrons. The Morgan fingerprint density at radius 1 is 1.09 bits per heavy atom.